The highest BCUT2D eigenvalue weighted by Gasteiger charge is 2.36. The Hall–Kier alpha value is -2.21. The minimum Gasteiger partial charge on any atom is -0.490 e. The number of para-hydroxylation sites is 1. The third-order valence-electron chi connectivity index (χ3n) is 4.22. The van der Waals surface area contributed by atoms with E-state index < -0.39 is 10.0 Å². The zero-order chi connectivity index (χ0) is 18.0. The second kappa shape index (κ2) is 6.96. The van der Waals surface area contributed by atoms with E-state index in [-0.39, 0.29) is 10.9 Å². The fourth-order valence-electron chi connectivity index (χ4n) is 3.21. The van der Waals surface area contributed by atoms with Gasteiger partial charge in [0.25, 0.3) is 10.0 Å². The lowest BCUT2D eigenvalue weighted by molar-refractivity contribution is 0.287. The highest BCUT2D eigenvalue weighted by atomic mass is 32.2. The average molecular weight is 361 g/mol. The Kier molecular flexibility index (Phi) is 4.90. The third-order valence-corrected chi connectivity index (χ3v) is 6.14. The van der Waals surface area contributed by atoms with E-state index in [0.717, 1.165) is 11.3 Å². The second-order valence-corrected chi connectivity index (χ2v) is 7.77. The maximum Gasteiger partial charge on any atom is 0.264 e. The summed E-state index contributed by atoms with van der Waals surface area (Å²) in [5, 5.41) is 0. The molecule has 1 aliphatic rings. The van der Waals surface area contributed by atoms with Gasteiger partial charge in [-0.25, -0.2) is 8.42 Å². The molecule has 0 aromatic heterocycles. The monoisotopic (exact) mass is 361 g/mol. The van der Waals surface area contributed by atoms with Crippen LogP contribution in [0.1, 0.15) is 26.3 Å². The van der Waals surface area contributed by atoms with Crippen LogP contribution >= 0.6 is 0 Å². The van der Waals surface area contributed by atoms with Gasteiger partial charge >= 0.3 is 0 Å². The van der Waals surface area contributed by atoms with Crippen molar-refractivity contribution in [1.82, 2.24) is 0 Å². The Morgan fingerprint density at radius 3 is 2.44 bits per heavy atom. The molecule has 0 saturated carbocycles. The van der Waals surface area contributed by atoms with Gasteiger partial charge in [-0.05, 0) is 51.0 Å². The Labute approximate surface area is 149 Å². The second-order valence-electron chi connectivity index (χ2n) is 5.96. The van der Waals surface area contributed by atoms with Crippen molar-refractivity contribution in [2.75, 3.05) is 17.5 Å². The van der Waals surface area contributed by atoms with E-state index in [9.17, 15) is 8.42 Å². The van der Waals surface area contributed by atoms with Crippen LogP contribution in [0.5, 0.6) is 11.5 Å². The molecule has 1 atom stereocenters. The van der Waals surface area contributed by atoms with E-state index in [1.807, 2.05) is 45.0 Å². The summed E-state index contributed by atoms with van der Waals surface area (Å²) in [5.74, 6) is 1.00. The van der Waals surface area contributed by atoms with Gasteiger partial charge in [-0.15, -0.1) is 0 Å². The number of rotatable bonds is 6. The number of benzene rings is 2. The first-order valence-electron chi connectivity index (χ1n) is 8.51. The summed E-state index contributed by atoms with van der Waals surface area (Å²) < 4.78 is 39.1. The largest absolute Gasteiger partial charge is 0.490 e. The van der Waals surface area contributed by atoms with Crippen molar-refractivity contribution < 1.29 is 17.9 Å². The van der Waals surface area contributed by atoms with E-state index in [1.165, 1.54) is 4.31 Å². The van der Waals surface area contributed by atoms with Crippen molar-refractivity contribution in [2.45, 2.75) is 38.1 Å². The summed E-state index contributed by atoms with van der Waals surface area (Å²) >= 11 is 0. The summed E-state index contributed by atoms with van der Waals surface area (Å²) in [6.07, 6.45) is 0.713. The standard InChI is InChI=1S/C19H23NO4S/c1-4-23-18-11-10-16(13-19(18)24-5-2)25(21,22)20-14(3)12-15-8-6-7-9-17(15)20/h6-11,13-14H,4-5,12H2,1-3H3/t14-/m0/s1. The molecule has 3 rings (SSSR count). The minimum absolute atomic E-state index is 0.121. The molecule has 1 aliphatic heterocycles. The molecule has 0 bridgehead atoms. The van der Waals surface area contributed by atoms with Crippen LogP contribution < -0.4 is 13.8 Å². The summed E-state index contributed by atoms with van der Waals surface area (Å²) in [6.45, 7) is 6.59. The van der Waals surface area contributed by atoms with Crippen molar-refractivity contribution in [3.63, 3.8) is 0 Å². The summed E-state index contributed by atoms with van der Waals surface area (Å²) in [5.41, 5.74) is 1.80. The van der Waals surface area contributed by atoms with Crippen LogP contribution in [0.3, 0.4) is 0 Å². The van der Waals surface area contributed by atoms with Crippen molar-refractivity contribution in [3.05, 3.63) is 48.0 Å². The summed E-state index contributed by atoms with van der Waals surface area (Å²) in [6, 6.07) is 12.3. The lowest BCUT2D eigenvalue weighted by Crippen LogP contribution is -2.35. The molecule has 0 fully saturated rings. The predicted molar refractivity (Wildman–Crippen MR) is 98.1 cm³/mol. The summed E-state index contributed by atoms with van der Waals surface area (Å²) in [4.78, 5) is 0.211. The van der Waals surface area contributed by atoms with E-state index in [1.54, 1.807) is 18.2 Å². The first-order valence-corrected chi connectivity index (χ1v) is 9.95. The fraction of sp³-hybridized carbons (Fsp3) is 0.368. The van der Waals surface area contributed by atoms with Crippen molar-refractivity contribution in [2.24, 2.45) is 0 Å². The first-order chi connectivity index (χ1) is 12.0. The number of anilines is 1. The lowest BCUT2D eigenvalue weighted by atomic mass is 10.1. The Bertz CT molecular complexity index is 863. The highest BCUT2D eigenvalue weighted by molar-refractivity contribution is 7.92. The van der Waals surface area contributed by atoms with Crippen LogP contribution in [0.4, 0.5) is 5.69 Å². The van der Waals surface area contributed by atoms with E-state index in [2.05, 4.69) is 0 Å². The smallest absolute Gasteiger partial charge is 0.264 e. The molecular formula is C19H23NO4S. The Morgan fingerprint density at radius 2 is 1.72 bits per heavy atom. The number of ether oxygens (including phenoxy) is 2. The first kappa shape index (κ1) is 17.6. The van der Waals surface area contributed by atoms with Crippen LogP contribution in [0.15, 0.2) is 47.4 Å². The highest BCUT2D eigenvalue weighted by Crippen LogP contribution is 2.38. The van der Waals surface area contributed by atoms with Gasteiger partial charge in [0.15, 0.2) is 11.5 Å². The predicted octanol–water partition coefficient (Wildman–Crippen LogP) is 3.62. The van der Waals surface area contributed by atoms with E-state index in [4.69, 9.17) is 9.47 Å². The molecule has 0 radical (unpaired) electrons. The number of nitrogens with zero attached hydrogens (tertiary/aromatic N) is 1. The molecular weight excluding hydrogens is 338 g/mol. The molecule has 2 aromatic rings. The van der Waals surface area contributed by atoms with Crippen LogP contribution in [-0.2, 0) is 16.4 Å². The summed E-state index contributed by atoms with van der Waals surface area (Å²) in [7, 11) is -3.68. The Balaban J connectivity index is 2.04. The number of hydrogen-bond acceptors (Lipinski definition) is 4. The minimum atomic E-state index is -3.68. The van der Waals surface area contributed by atoms with Crippen LogP contribution in [0, 0.1) is 0 Å². The van der Waals surface area contributed by atoms with Crippen molar-refractivity contribution >= 4 is 15.7 Å². The molecule has 0 aliphatic carbocycles. The van der Waals surface area contributed by atoms with Crippen molar-refractivity contribution in [1.29, 1.82) is 0 Å². The molecule has 134 valence electrons. The quantitative estimate of drug-likeness (QED) is 0.788. The molecule has 0 N–H and O–H groups in total. The van der Waals surface area contributed by atoms with Gasteiger partial charge in [0, 0.05) is 12.1 Å². The van der Waals surface area contributed by atoms with Gasteiger partial charge in [-0.3, -0.25) is 4.31 Å². The fourth-order valence-corrected chi connectivity index (χ4v) is 4.92. The maximum absolute atomic E-state index is 13.3. The average Bonchev–Trinajstić information content (AvgIpc) is 2.93. The number of hydrogen-bond donors (Lipinski definition) is 0. The van der Waals surface area contributed by atoms with Gasteiger partial charge < -0.3 is 9.47 Å². The number of sulfonamides is 1. The SMILES string of the molecule is CCOc1ccc(S(=O)(=O)N2c3ccccc3C[C@@H]2C)cc1OCC. The van der Waals surface area contributed by atoms with Crippen LogP contribution in [0.2, 0.25) is 0 Å². The molecule has 0 amide bonds. The molecule has 1 heterocycles. The molecule has 6 heteroatoms. The van der Waals surface area contributed by atoms with Gasteiger partial charge in [-0.2, -0.15) is 0 Å². The van der Waals surface area contributed by atoms with E-state index >= 15 is 0 Å². The number of fused-ring (bicyclic) bond motifs is 1. The van der Waals surface area contributed by atoms with Crippen molar-refractivity contribution in [3.8, 4) is 11.5 Å². The van der Waals surface area contributed by atoms with Crippen LogP contribution in [-0.4, -0.2) is 27.7 Å². The molecule has 0 spiro atoms. The Morgan fingerprint density at radius 1 is 1.04 bits per heavy atom. The third kappa shape index (κ3) is 3.18. The molecule has 2 aromatic carbocycles. The lowest BCUT2D eigenvalue weighted by Gasteiger charge is -2.25. The zero-order valence-electron chi connectivity index (χ0n) is 14.7. The topological polar surface area (TPSA) is 55.8 Å². The van der Waals surface area contributed by atoms with Gasteiger partial charge in [0.2, 0.25) is 0 Å². The molecule has 25 heavy (non-hydrogen) atoms. The maximum atomic E-state index is 13.3. The van der Waals surface area contributed by atoms with Gasteiger partial charge in [0.05, 0.1) is 23.8 Å². The zero-order valence-corrected chi connectivity index (χ0v) is 15.5. The molecule has 5 nitrogen and oxygen atoms in total. The van der Waals surface area contributed by atoms with Crippen LogP contribution in [0.25, 0.3) is 0 Å². The van der Waals surface area contributed by atoms with Gasteiger partial charge in [-0.1, -0.05) is 18.2 Å². The normalized spacial score (nSPS) is 16.6. The molecule has 0 unspecified atom stereocenters. The van der Waals surface area contributed by atoms with E-state index in [0.29, 0.717) is 31.1 Å². The van der Waals surface area contributed by atoms with Gasteiger partial charge in [0.1, 0.15) is 0 Å². The molecule has 0 saturated heterocycles.